The number of amides is 1. The van der Waals surface area contributed by atoms with Crippen molar-refractivity contribution in [3.63, 3.8) is 0 Å². The molecule has 0 spiro atoms. The number of likely N-dealkylation sites (tertiary alicyclic amines) is 1. The highest BCUT2D eigenvalue weighted by molar-refractivity contribution is 5.98. The number of carbonyl (C=O) groups excluding carboxylic acids is 2. The number of hydrogen-bond acceptors (Lipinski definition) is 8. The summed E-state index contributed by atoms with van der Waals surface area (Å²) in [5, 5.41) is 12.0. The molecule has 45 heavy (non-hydrogen) atoms. The van der Waals surface area contributed by atoms with Crippen LogP contribution in [0.5, 0.6) is 11.6 Å². The van der Waals surface area contributed by atoms with Gasteiger partial charge in [0, 0.05) is 43.7 Å². The van der Waals surface area contributed by atoms with Crippen molar-refractivity contribution in [2.45, 2.75) is 25.1 Å². The summed E-state index contributed by atoms with van der Waals surface area (Å²) in [6, 6.07) is 14.5. The monoisotopic (exact) mass is 628 g/mol. The number of morpholine rings is 1. The Morgan fingerprint density at radius 3 is 2.47 bits per heavy atom. The van der Waals surface area contributed by atoms with E-state index in [1.807, 2.05) is 4.90 Å². The van der Waals surface area contributed by atoms with Crippen molar-refractivity contribution in [3.8, 4) is 11.6 Å². The van der Waals surface area contributed by atoms with E-state index < -0.39 is 23.9 Å². The highest BCUT2D eigenvalue weighted by atomic mass is 19.4. The van der Waals surface area contributed by atoms with Crippen molar-refractivity contribution in [2.24, 2.45) is 11.7 Å². The first kappa shape index (κ1) is 32.0. The number of halogens is 3. The van der Waals surface area contributed by atoms with E-state index in [0.29, 0.717) is 37.4 Å². The summed E-state index contributed by atoms with van der Waals surface area (Å²) in [7, 11) is 1.40. The van der Waals surface area contributed by atoms with E-state index in [4.69, 9.17) is 25.4 Å². The highest BCUT2D eigenvalue weighted by Crippen LogP contribution is 2.43. The molecule has 3 heterocycles. The lowest BCUT2D eigenvalue weighted by molar-refractivity contribution is -0.192. The first-order chi connectivity index (χ1) is 21.5. The lowest BCUT2D eigenvalue weighted by Crippen LogP contribution is -2.50. The summed E-state index contributed by atoms with van der Waals surface area (Å²) in [5.74, 6) is -3.82. The van der Waals surface area contributed by atoms with E-state index in [1.54, 1.807) is 42.5 Å². The lowest BCUT2D eigenvalue weighted by Gasteiger charge is -2.39. The molecule has 0 radical (unpaired) electrons. The molecule has 0 bridgehead atoms. The van der Waals surface area contributed by atoms with Crippen LogP contribution in [0.25, 0.3) is 0 Å². The van der Waals surface area contributed by atoms with Crippen LogP contribution in [0.3, 0.4) is 0 Å². The number of carbonyl (C=O) groups is 2. The number of benzene rings is 2. The minimum atomic E-state index is -4.56. The standard InChI is InChI=1S/C31H35F3N6O5/c1-43-26-5-3-2-4-22(26)30(42)40-28(45-19-20-6-8-21(9-7-20)29(35)36)16-25(37-40)23-17-39(11-10-24(23)31(32,33)34)27(41)18-38-12-14-44-15-13-38/h2-9,16,23-24H,10-15,17-19H2,1H3,(H3,35,36). The Labute approximate surface area is 258 Å². The Morgan fingerprint density at radius 1 is 1.09 bits per heavy atom. The molecular formula is C31H35F3N6O5. The van der Waals surface area contributed by atoms with Gasteiger partial charge in [-0.1, -0.05) is 36.4 Å². The van der Waals surface area contributed by atoms with Crippen LogP contribution in [0.1, 0.15) is 39.5 Å². The molecule has 2 fully saturated rings. The number of alkyl halides is 3. The molecule has 2 atom stereocenters. The zero-order valence-electron chi connectivity index (χ0n) is 24.8. The van der Waals surface area contributed by atoms with E-state index in [2.05, 4.69) is 5.10 Å². The van der Waals surface area contributed by atoms with Crippen LogP contribution < -0.4 is 15.2 Å². The second kappa shape index (κ2) is 13.7. The van der Waals surface area contributed by atoms with Gasteiger partial charge in [0.05, 0.1) is 44.0 Å². The number of aromatic nitrogens is 2. The molecule has 0 saturated carbocycles. The predicted molar refractivity (Wildman–Crippen MR) is 157 cm³/mol. The molecule has 3 aromatic rings. The second-order valence-corrected chi connectivity index (χ2v) is 11.0. The summed E-state index contributed by atoms with van der Waals surface area (Å²) >= 11 is 0. The fraction of sp³-hybridized carbons (Fsp3) is 0.419. The third-order valence-corrected chi connectivity index (χ3v) is 8.11. The van der Waals surface area contributed by atoms with Gasteiger partial charge in [0.15, 0.2) is 0 Å². The number of nitrogens with two attached hydrogens (primary N) is 1. The van der Waals surface area contributed by atoms with Gasteiger partial charge in [0.1, 0.15) is 18.2 Å². The van der Waals surface area contributed by atoms with Crippen molar-refractivity contribution >= 4 is 17.6 Å². The van der Waals surface area contributed by atoms with Crippen LogP contribution >= 0.6 is 0 Å². The fourth-order valence-corrected chi connectivity index (χ4v) is 5.60. The SMILES string of the molecule is COc1ccccc1C(=O)n1nc(C2CN(C(=O)CN3CCOCC3)CCC2C(F)(F)F)cc1OCc1ccc(C(=N)N)cc1. The number of ether oxygens (including phenoxy) is 3. The normalized spacial score (nSPS) is 19.2. The average Bonchev–Trinajstić information content (AvgIpc) is 3.47. The van der Waals surface area contributed by atoms with Crippen LogP contribution in [0.2, 0.25) is 0 Å². The molecule has 3 N–H and O–H groups in total. The summed E-state index contributed by atoms with van der Waals surface area (Å²) in [5.41, 5.74) is 6.85. The molecule has 2 aliphatic rings. The summed E-state index contributed by atoms with van der Waals surface area (Å²) < 4.78 is 60.7. The predicted octanol–water partition coefficient (Wildman–Crippen LogP) is 3.27. The van der Waals surface area contributed by atoms with E-state index in [-0.39, 0.29) is 67.3 Å². The maximum absolute atomic E-state index is 14.4. The van der Waals surface area contributed by atoms with E-state index in [9.17, 15) is 22.8 Å². The third kappa shape index (κ3) is 7.45. The Hall–Kier alpha value is -4.43. The number of amidine groups is 1. The molecule has 2 unspecified atom stereocenters. The van der Waals surface area contributed by atoms with Crippen LogP contribution in [-0.4, -0.2) is 96.5 Å². The number of piperidine rings is 1. The number of nitrogens with zero attached hydrogens (tertiary/aromatic N) is 4. The Balaban J connectivity index is 1.46. The second-order valence-electron chi connectivity index (χ2n) is 11.0. The summed E-state index contributed by atoms with van der Waals surface area (Å²) in [6.07, 6.45) is -4.85. The highest BCUT2D eigenvalue weighted by Gasteiger charge is 2.49. The number of para-hydroxylation sites is 1. The Morgan fingerprint density at radius 2 is 1.80 bits per heavy atom. The fourth-order valence-electron chi connectivity index (χ4n) is 5.60. The minimum absolute atomic E-state index is 0.00799. The molecule has 240 valence electrons. The topological polar surface area (TPSA) is 136 Å². The van der Waals surface area contributed by atoms with Gasteiger partial charge >= 0.3 is 6.18 Å². The lowest BCUT2D eigenvalue weighted by atomic mass is 9.82. The van der Waals surface area contributed by atoms with E-state index in [1.165, 1.54) is 24.1 Å². The van der Waals surface area contributed by atoms with Gasteiger partial charge in [-0.2, -0.15) is 23.0 Å². The summed E-state index contributed by atoms with van der Waals surface area (Å²) in [6.45, 7) is 1.93. The number of nitrogens with one attached hydrogen (secondary N) is 1. The van der Waals surface area contributed by atoms with Crippen LogP contribution in [-0.2, 0) is 16.1 Å². The van der Waals surface area contributed by atoms with Crippen LogP contribution in [0.15, 0.2) is 54.6 Å². The molecule has 11 nitrogen and oxygen atoms in total. The van der Waals surface area contributed by atoms with Gasteiger partial charge in [-0.15, -0.1) is 0 Å². The van der Waals surface area contributed by atoms with Gasteiger partial charge in [-0.3, -0.25) is 19.9 Å². The Kier molecular flexibility index (Phi) is 9.73. The van der Waals surface area contributed by atoms with Crippen molar-refractivity contribution in [3.05, 3.63) is 77.0 Å². The molecule has 5 rings (SSSR count). The van der Waals surface area contributed by atoms with Gasteiger partial charge in [-0.05, 0) is 24.1 Å². The van der Waals surface area contributed by atoms with Crippen molar-refractivity contribution < 1.29 is 37.0 Å². The molecule has 2 aliphatic heterocycles. The Bertz CT molecular complexity index is 1520. The third-order valence-electron chi connectivity index (χ3n) is 8.11. The number of methoxy groups -OCH3 is 1. The smallest absolute Gasteiger partial charge is 0.392 e. The quantitative estimate of drug-likeness (QED) is 0.272. The number of rotatable bonds is 9. The maximum atomic E-state index is 14.4. The maximum Gasteiger partial charge on any atom is 0.392 e. The average molecular weight is 629 g/mol. The van der Waals surface area contributed by atoms with Crippen molar-refractivity contribution in [1.29, 1.82) is 5.41 Å². The van der Waals surface area contributed by atoms with E-state index in [0.717, 1.165) is 4.68 Å². The molecule has 2 aromatic carbocycles. The molecule has 0 aliphatic carbocycles. The van der Waals surface area contributed by atoms with Gasteiger partial charge in [0.25, 0.3) is 5.91 Å². The first-order valence-corrected chi connectivity index (χ1v) is 14.5. The number of hydrogen-bond donors (Lipinski definition) is 2. The van der Waals surface area contributed by atoms with Crippen molar-refractivity contribution in [1.82, 2.24) is 19.6 Å². The van der Waals surface area contributed by atoms with Gasteiger partial charge < -0.3 is 24.8 Å². The van der Waals surface area contributed by atoms with Crippen molar-refractivity contribution in [2.75, 3.05) is 53.0 Å². The number of nitrogen functional groups attached to an aromatic ring is 1. The zero-order chi connectivity index (χ0) is 32.1. The van der Waals surface area contributed by atoms with E-state index >= 15 is 0 Å². The first-order valence-electron chi connectivity index (χ1n) is 14.5. The van der Waals surface area contributed by atoms with Gasteiger partial charge in [-0.25, -0.2) is 0 Å². The molecule has 1 aromatic heterocycles. The van der Waals surface area contributed by atoms with Gasteiger partial charge in [0.2, 0.25) is 11.8 Å². The largest absolute Gasteiger partial charge is 0.496 e. The zero-order valence-corrected chi connectivity index (χ0v) is 24.8. The summed E-state index contributed by atoms with van der Waals surface area (Å²) in [4.78, 5) is 30.3. The molecule has 14 heteroatoms. The van der Waals surface area contributed by atoms with Crippen LogP contribution in [0.4, 0.5) is 13.2 Å². The molecule has 1 amide bonds. The molecule has 2 saturated heterocycles. The minimum Gasteiger partial charge on any atom is -0.496 e. The molecular weight excluding hydrogens is 593 g/mol. The van der Waals surface area contributed by atoms with Crippen LogP contribution in [0, 0.1) is 11.3 Å².